The van der Waals surface area contributed by atoms with Gasteiger partial charge in [0.1, 0.15) is 5.41 Å². The highest BCUT2D eigenvalue weighted by molar-refractivity contribution is 7.99. The molecule has 3 nitrogen and oxygen atoms in total. The van der Waals surface area contributed by atoms with Crippen LogP contribution in [0.3, 0.4) is 0 Å². The van der Waals surface area contributed by atoms with Crippen LogP contribution in [0.25, 0.3) is 0 Å². The van der Waals surface area contributed by atoms with Crippen molar-refractivity contribution in [3.63, 3.8) is 0 Å². The Labute approximate surface area is 103 Å². The zero-order valence-electron chi connectivity index (χ0n) is 9.42. The molecule has 1 aliphatic carbocycles. The van der Waals surface area contributed by atoms with E-state index in [9.17, 15) is 23.8 Å². The molecule has 0 aromatic rings. The van der Waals surface area contributed by atoms with Gasteiger partial charge in [-0.2, -0.15) is 11.8 Å². The molecule has 6 heteroatoms. The van der Waals surface area contributed by atoms with Gasteiger partial charge in [-0.15, -0.1) is 0 Å². The van der Waals surface area contributed by atoms with Crippen molar-refractivity contribution in [2.24, 2.45) is 5.41 Å². The summed E-state index contributed by atoms with van der Waals surface area (Å²) in [6, 6.07) is 0. The van der Waals surface area contributed by atoms with Gasteiger partial charge < -0.3 is 10.2 Å². The summed E-state index contributed by atoms with van der Waals surface area (Å²) in [5, 5.41) is 19.8. The summed E-state index contributed by atoms with van der Waals surface area (Å²) in [6.45, 7) is 0. The third-order valence-electron chi connectivity index (χ3n) is 4.00. The largest absolute Gasteiger partial charge is 0.481 e. The lowest BCUT2D eigenvalue weighted by Gasteiger charge is -2.44. The standard InChI is InChI=1S/C11H16F2O3S/c12-11(13)4-3-9(6-11,8(14)15)10(16)2-1-5-17-7-10/h16H,1-7H2,(H,14,15). The summed E-state index contributed by atoms with van der Waals surface area (Å²) >= 11 is 1.45. The van der Waals surface area contributed by atoms with Crippen molar-refractivity contribution in [3.05, 3.63) is 0 Å². The van der Waals surface area contributed by atoms with Crippen molar-refractivity contribution >= 4 is 17.7 Å². The molecule has 2 aliphatic rings. The minimum Gasteiger partial charge on any atom is -0.481 e. The molecule has 0 radical (unpaired) electrons. The van der Waals surface area contributed by atoms with E-state index in [4.69, 9.17) is 0 Å². The molecule has 2 atom stereocenters. The molecule has 17 heavy (non-hydrogen) atoms. The molecule has 0 amide bonds. The van der Waals surface area contributed by atoms with E-state index in [1.54, 1.807) is 0 Å². The van der Waals surface area contributed by atoms with Gasteiger partial charge in [0.05, 0.1) is 5.60 Å². The quantitative estimate of drug-likeness (QED) is 0.804. The lowest BCUT2D eigenvalue weighted by Crippen LogP contribution is -2.55. The minimum absolute atomic E-state index is 0.133. The maximum atomic E-state index is 13.3. The third kappa shape index (κ3) is 2.05. The summed E-state index contributed by atoms with van der Waals surface area (Å²) in [6.07, 6.45) is -0.310. The van der Waals surface area contributed by atoms with Gasteiger partial charge in [0, 0.05) is 18.6 Å². The first-order valence-electron chi connectivity index (χ1n) is 5.73. The van der Waals surface area contributed by atoms with Crippen LogP contribution in [0.2, 0.25) is 0 Å². The maximum absolute atomic E-state index is 13.3. The molecule has 1 aliphatic heterocycles. The number of hydrogen-bond acceptors (Lipinski definition) is 3. The number of alkyl halides is 2. The monoisotopic (exact) mass is 266 g/mol. The highest BCUT2D eigenvalue weighted by Gasteiger charge is 2.64. The molecule has 2 unspecified atom stereocenters. The van der Waals surface area contributed by atoms with Crippen molar-refractivity contribution in [1.29, 1.82) is 0 Å². The van der Waals surface area contributed by atoms with E-state index in [0.717, 1.165) is 5.75 Å². The van der Waals surface area contributed by atoms with Gasteiger partial charge in [-0.25, -0.2) is 8.78 Å². The molecule has 2 N–H and O–H groups in total. The second-order valence-electron chi connectivity index (χ2n) is 5.11. The molecule has 0 spiro atoms. The van der Waals surface area contributed by atoms with E-state index in [2.05, 4.69) is 0 Å². The average molecular weight is 266 g/mol. The summed E-state index contributed by atoms with van der Waals surface area (Å²) in [7, 11) is 0. The van der Waals surface area contributed by atoms with Crippen molar-refractivity contribution < 1.29 is 23.8 Å². The number of carboxylic acids is 1. The number of aliphatic carboxylic acids is 1. The van der Waals surface area contributed by atoms with Gasteiger partial charge in [0.25, 0.3) is 0 Å². The molecule has 0 aromatic heterocycles. The van der Waals surface area contributed by atoms with Gasteiger partial charge in [0.15, 0.2) is 0 Å². The van der Waals surface area contributed by atoms with Crippen LogP contribution >= 0.6 is 11.8 Å². The highest BCUT2D eigenvalue weighted by atomic mass is 32.2. The number of hydrogen-bond donors (Lipinski definition) is 2. The van der Waals surface area contributed by atoms with Crippen LogP contribution in [0.15, 0.2) is 0 Å². The second kappa shape index (κ2) is 4.09. The average Bonchev–Trinajstić information content (AvgIpc) is 2.57. The third-order valence-corrected chi connectivity index (χ3v) is 5.26. The maximum Gasteiger partial charge on any atom is 0.312 e. The first kappa shape index (κ1) is 13.1. The predicted octanol–water partition coefficient (Wildman–Crippen LogP) is 2.13. The van der Waals surface area contributed by atoms with Gasteiger partial charge in [-0.3, -0.25) is 4.79 Å². The van der Waals surface area contributed by atoms with Crippen molar-refractivity contribution in [1.82, 2.24) is 0 Å². The fraction of sp³-hybridized carbons (Fsp3) is 0.909. The first-order valence-corrected chi connectivity index (χ1v) is 6.88. The summed E-state index contributed by atoms with van der Waals surface area (Å²) < 4.78 is 26.7. The molecular weight excluding hydrogens is 250 g/mol. The van der Waals surface area contributed by atoms with Crippen molar-refractivity contribution in [3.8, 4) is 0 Å². The highest BCUT2D eigenvalue weighted by Crippen LogP contribution is 2.56. The summed E-state index contributed by atoms with van der Waals surface area (Å²) in [4.78, 5) is 11.4. The Morgan fingerprint density at radius 3 is 2.35 bits per heavy atom. The molecule has 2 fully saturated rings. The number of thioether (sulfide) groups is 1. The second-order valence-corrected chi connectivity index (χ2v) is 6.21. The molecule has 1 heterocycles. The smallest absolute Gasteiger partial charge is 0.312 e. The lowest BCUT2D eigenvalue weighted by atomic mass is 9.69. The predicted molar refractivity (Wildman–Crippen MR) is 60.4 cm³/mol. The van der Waals surface area contributed by atoms with E-state index in [1.165, 1.54) is 11.8 Å². The Balaban J connectivity index is 2.32. The number of aliphatic hydroxyl groups is 1. The van der Waals surface area contributed by atoms with E-state index < -0.39 is 35.7 Å². The van der Waals surface area contributed by atoms with Crippen LogP contribution < -0.4 is 0 Å². The molecule has 0 aromatic carbocycles. The minimum atomic E-state index is -2.96. The van der Waals surface area contributed by atoms with E-state index in [1.807, 2.05) is 0 Å². The number of halogens is 2. The van der Waals surface area contributed by atoms with Crippen LogP contribution in [0, 0.1) is 5.41 Å². The summed E-state index contributed by atoms with van der Waals surface area (Å²) in [5.41, 5.74) is -3.15. The Morgan fingerprint density at radius 1 is 1.24 bits per heavy atom. The molecular formula is C11H16F2O3S. The number of rotatable bonds is 2. The number of carboxylic acid groups (broad SMARTS) is 1. The van der Waals surface area contributed by atoms with Crippen molar-refractivity contribution in [2.75, 3.05) is 11.5 Å². The first-order chi connectivity index (χ1) is 7.81. The fourth-order valence-electron chi connectivity index (χ4n) is 2.95. The zero-order chi connectivity index (χ0) is 12.7. The molecule has 1 saturated carbocycles. The van der Waals surface area contributed by atoms with Crippen LogP contribution in [-0.2, 0) is 4.79 Å². The molecule has 1 saturated heterocycles. The van der Waals surface area contributed by atoms with Crippen LogP contribution in [0.4, 0.5) is 8.78 Å². The summed E-state index contributed by atoms with van der Waals surface area (Å²) in [5.74, 6) is -3.14. The Hall–Kier alpha value is -0.360. The Morgan fingerprint density at radius 2 is 1.94 bits per heavy atom. The Kier molecular flexibility index (Phi) is 3.14. The van der Waals surface area contributed by atoms with E-state index in [0.29, 0.717) is 12.8 Å². The van der Waals surface area contributed by atoms with Gasteiger partial charge in [-0.05, 0) is 25.0 Å². The molecule has 98 valence electrons. The van der Waals surface area contributed by atoms with Crippen LogP contribution in [0.1, 0.15) is 32.1 Å². The topological polar surface area (TPSA) is 57.5 Å². The van der Waals surface area contributed by atoms with Gasteiger partial charge in [-0.1, -0.05) is 0 Å². The fourth-order valence-corrected chi connectivity index (χ4v) is 4.20. The number of carbonyl (C=O) groups is 1. The van der Waals surface area contributed by atoms with Crippen molar-refractivity contribution in [2.45, 2.75) is 43.6 Å². The van der Waals surface area contributed by atoms with Crippen LogP contribution in [0.5, 0.6) is 0 Å². The lowest BCUT2D eigenvalue weighted by molar-refractivity contribution is -0.171. The van der Waals surface area contributed by atoms with Gasteiger partial charge in [0.2, 0.25) is 5.92 Å². The molecule has 2 rings (SSSR count). The van der Waals surface area contributed by atoms with Gasteiger partial charge >= 0.3 is 5.97 Å². The Bertz CT molecular complexity index is 329. The normalized spacial score (nSPS) is 41.4. The van der Waals surface area contributed by atoms with E-state index >= 15 is 0 Å². The zero-order valence-corrected chi connectivity index (χ0v) is 10.2. The van der Waals surface area contributed by atoms with E-state index in [-0.39, 0.29) is 12.2 Å². The SMILES string of the molecule is O=C(O)C1(C2(O)CCCSC2)CCC(F)(F)C1. The molecule has 0 bridgehead atoms. The van der Waals surface area contributed by atoms with Crippen LogP contribution in [-0.4, -0.2) is 39.2 Å².